The molecule has 0 radical (unpaired) electrons. The number of nitrogens with one attached hydrogen (secondary N) is 1. The zero-order valence-corrected chi connectivity index (χ0v) is 25.3. The van der Waals surface area contributed by atoms with Gasteiger partial charge in [-0.2, -0.15) is 13.2 Å². The van der Waals surface area contributed by atoms with Crippen LogP contribution in [0.4, 0.5) is 34.6 Å². The van der Waals surface area contributed by atoms with Crippen LogP contribution in [0.3, 0.4) is 0 Å². The number of amides is 3. The molecule has 3 aromatic carbocycles. The molecule has 0 bridgehead atoms. The number of thioether (sulfide) groups is 1. The summed E-state index contributed by atoms with van der Waals surface area (Å²) >= 11 is 1.80. The van der Waals surface area contributed by atoms with Gasteiger partial charge in [-0.05, 0) is 60.2 Å². The summed E-state index contributed by atoms with van der Waals surface area (Å²) < 4.78 is 55.1. The van der Waals surface area contributed by atoms with E-state index < -0.39 is 63.8 Å². The first-order valence-corrected chi connectivity index (χ1v) is 15.3. The highest BCUT2D eigenvalue weighted by Crippen LogP contribution is 2.54. The molecule has 3 amide bonds. The third-order valence-corrected chi connectivity index (χ3v) is 10.3. The second kappa shape index (κ2) is 11.5. The van der Waals surface area contributed by atoms with Gasteiger partial charge in [0.05, 0.1) is 22.2 Å². The second-order valence-corrected chi connectivity index (χ2v) is 12.9. The SMILES string of the molecule is CN(C)c1ccc([C@H]2c3sc(=O)n(CC(=O)Nc4ccc(F)cc4)c3SC3C(=O)N(c4cccc(C(F)(F)F)c4)C(=O)C32)cc1. The number of fused-ring (bicyclic) bond motifs is 2. The Labute approximate surface area is 262 Å². The van der Waals surface area contributed by atoms with Crippen molar-refractivity contribution in [1.29, 1.82) is 0 Å². The molecule has 1 saturated heterocycles. The van der Waals surface area contributed by atoms with Gasteiger partial charge in [0.25, 0.3) is 0 Å². The number of benzene rings is 3. The average molecular weight is 657 g/mol. The fraction of sp³-hybridized carbons (Fsp3) is 0.226. The van der Waals surface area contributed by atoms with Crippen molar-refractivity contribution in [2.45, 2.75) is 28.9 Å². The number of nitrogens with zero attached hydrogens (tertiary/aromatic N) is 3. The van der Waals surface area contributed by atoms with Crippen LogP contribution in [0.1, 0.15) is 21.9 Å². The monoisotopic (exact) mass is 656 g/mol. The zero-order chi connectivity index (χ0) is 32.2. The number of aromatic nitrogens is 1. The Morgan fingerprint density at radius 2 is 1.64 bits per heavy atom. The van der Waals surface area contributed by atoms with E-state index in [0.717, 1.165) is 51.9 Å². The van der Waals surface area contributed by atoms with Crippen LogP contribution in [0.15, 0.2) is 82.6 Å². The normalized spacial score (nSPS) is 19.3. The molecule has 3 atom stereocenters. The zero-order valence-electron chi connectivity index (χ0n) is 23.7. The van der Waals surface area contributed by atoms with Gasteiger partial charge in [0.15, 0.2) is 0 Å². The summed E-state index contributed by atoms with van der Waals surface area (Å²) in [4.78, 5) is 56.8. The minimum absolute atomic E-state index is 0.198. The minimum Gasteiger partial charge on any atom is -0.378 e. The number of thiazole rings is 1. The predicted molar refractivity (Wildman–Crippen MR) is 163 cm³/mol. The smallest absolute Gasteiger partial charge is 0.378 e. The van der Waals surface area contributed by atoms with Gasteiger partial charge in [-0.1, -0.05) is 41.3 Å². The summed E-state index contributed by atoms with van der Waals surface area (Å²) in [6.45, 7) is -0.418. The lowest BCUT2D eigenvalue weighted by Gasteiger charge is -2.31. The molecule has 3 heterocycles. The number of rotatable bonds is 6. The van der Waals surface area contributed by atoms with Crippen molar-refractivity contribution in [1.82, 2.24) is 4.57 Å². The van der Waals surface area contributed by atoms with Crippen LogP contribution < -0.4 is 20.0 Å². The maximum Gasteiger partial charge on any atom is 0.416 e. The number of carbonyl (C=O) groups excluding carboxylic acids is 3. The number of hydrogen-bond donors (Lipinski definition) is 1. The van der Waals surface area contributed by atoms with Gasteiger partial charge in [-0.15, -0.1) is 0 Å². The molecule has 45 heavy (non-hydrogen) atoms. The molecule has 0 aliphatic carbocycles. The molecule has 2 unspecified atom stereocenters. The molecule has 14 heteroatoms. The predicted octanol–water partition coefficient (Wildman–Crippen LogP) is 5.57. The third-order valence-electron chi connectivity index (χ3n) is 7.68. The van der Waals surface area contributed by atoms with Gasteiger partial charge in [0.1, 0.15) is 17.6 Å². The average Bonchev–Trinajstić information content (AvgIpc) is 3.44. The molecule has 8 nitrogen and oxygen atoms in total. The Kier molecular flexibility index (Phi) is 7.81. The lowest BCUT2D eigenvalue weighted by molar-refractivity contribution is -0.137. The van der Waals surface area contributed by atoms with E-state index in [1.54, 1.807) is 12.1 Å². The summed E-state index contributed by atoms with van der Waals surface area (Å²) in [5.41, 5.74) is 0.616. The number of hydrogen-bond acceptors (Lipinski definition) is 7. The molecule has 2 aliphatic heterocycles. The van der Waals surface area contributed by atoms with Crippen LogP contribution in [0.5, 0.6) is 0 Å². The summed E-state index contributed by atoms with van der Waals surface area (Å²) in [6.07, 6.45) is -4.69. The first-order valence-electron chi connectivity index (χ1n) is 13.6. The van der Waals surface area contributed by atoms with Crippen LogP contribution >= 0.6 is 23.1 Å². The van der Waals surface area contributed by atoms with Crippen molar-refractivity contribution in [3.63, 3.8) is 0 Å². The van der Waals surface area contributed by atoms with Gasteiger partial charge in [0, 0.05) is 36.3 Å². The van der Waals surface area contributed by atoms with Gasteiger partial charge >= 0.3 is 11.0 Å². The summed E-state index contributed by atoms with van der Waals surface area (Å²) in [6, 6.07) is 16.4. The maximum absolute atomic E-state index is 14.0. The molecule has 6 rings (SSSR count). The molecule has 1 N–H and O–H groups in total. The molecule has 232 valence electrons. The van der Waals surface area contributed by atoms with Gasteiger partial charge < -0.3 is 10.2 Å². The molecule has 0 saturated carbocycles. The summed E-state index contributed by atoms with van der Waals surface area (Å²) in [5, 5.41) is 1.87. The number of halogens is 4. The molecule has 1 aromatic heterocycles. The molecule has 1 fully saturated rings. The second-order valence-electron chi connectivity index (χ2n) is 10.8. The van der Waals surface area contributed by atoms with E-state index >= 15 is 0 Å². The van der Waals surface area contributed by atoms with E-state index in [4.69, 9.17) is 0 Å². The fourth-order valence-corrected chi connectivity index (χ4v) is 8.32. The number of anilines is 3. The van der Waals surface area contributed by atoms with Gasteiger partial charge in [-0.3, -0.25) is 23.7 Å². The highest BCUT2D eigenvalue weighted by atomic mass is 32.2. The van der Waals surface area contributed by atoms with Crippen LogP contribution in [0, 0.1) is 11.7 Å². The van der Waals surface area contributed by atoms with E-state index in [-0.39, 0.29) is 5.69 Å². The Balaban J connectivity index is 1.41. The summed E-state index contributed by atoms with van der Waals surface area (Å²) in [7, 11) is 3.71. The molecule has 4 aromatic rings. The molecular formula is C31H24F4N4O4S2. The van der Waals surface area contributed by atoms with Crippen LogP contribution in [-0.2, 0) is 27.1 Å². The molecular weight excluding hydrogens is 632 g/mol. The molecule has 0 spiro atoms. The Hall–Kier alpha value is -4.43. The topological polar surface area (TPSA) is 91.7 Å². The fourth-order valence-electron chi connectivity index (χ4n) is 5.55. The Morgan fingerprint density at radius 3 is 2.29 bits per heavy atom. The van der Waals surface area contributed by atoms with Crippen molar-refractivity contribution in [2.75, 3.05) is 29.2 Å². The number of carbonyl (C=O) groups is 3. The van der Waals surface area contributed by atoms with E-state index in [1.165, 1.54) is 34.9 Å². The quantitative estimate of drug-likeness (QED) is 0.216. The Morgan fingerprint density at radius 1 is 0.956 bits per heavy atom. The highest BCUT2D eigenvalue weighted by molar-refractivity contribution is 8.00. The first kappa shape index (κ1) is 30.6. The standard InChI is InChI=1S/C31H24F4N4O4S2/c1-37(2)20-12-6-16(7-13-20)23-24-25(28(42)39(27(24)41)21-5-3-4-17(14-21)31(33,34)35)44-29-26(23)45-30(43)38(29)15-22(40)36-19-10-8-18(32)9-11-19/h3-14,23-25H,15H2,1-2H3,(H,36,40)/t23-,24?,25?/m1/s1. The highest BCUT2D eigenvalue weighted by Gasteiger charge is 2.57. The van der Waals surface area contributed by atoms with Gasteiger partial charge in [0.2, 0.25) is 17.7 Å². The van der Waals surface area contributed by atoms with Crippen molar-refractivity contribution in [3.05, 3.63) is 104 Å². The number of imide groups is 1. The van der Waals surface area contributed by atoms with E-state index in [1.807, 2.05) is 31.1 Å². The van der Waals surface area contributed by atoms with E-state index in [0.29, 0.717) is 21.2 Å². The van der Waals surface area contributed by atoms with Gasteiger partial charge in [-0.25, -0.2) is 9.29 Å². The van der Waals surface area contributed by atoms with Crippen molar-refractivity contribution in [2.24, 2.45) is 5.92 Å². The van der Waals surface area contributed by atoms with Crippen LogP contribution in [-0.4, -0.2) is 41.6 Å². The van der Waals surface area contributed by atoms with E-state index in [9.17, 15) is 36.7 Å². The summed E-state index contributed by atoms with van der Waals surface area (Å²) in [5.74, 6) is -4.25. The maximum atomic E-state index is 14.0. The largest absolute Gasteiger partial charge is 0.416 e. The minimum atomic E-state index is -4.69. The van der Waals surface area contributed by atoms with Crippen molar-refractivity contribution < 1.29 is 31.9 Å². The lowest BCUT2D eigenvalue weighted by atomic mass is 9.83. The van der Waals surface area contributed by atoms with Crippen LogP contribution in [0.25, 0.3) is 0 Å². The van der Waals surface area contributed by atoms with Crippen molar-refractivity contribution in [3.8, 4) is 0 Å². The lowest BCUT2D eigenvalue weighted by Crippen LogP contribution is -2.33. The third kappa shape index (κ3) is 5.63. The van der Waals surface area contributed by atoms with Crippen LogP contribution in [0.2, 0.25) is 0 Å². The molecule has 2 aliphatic rings. The number of alkyl halides is 3. The van der Waals surface area contributed by atoms with Crippen molar-refractivity contribution >= 4 is 57.9 Å². The Bertz CT molecular complexity index is 1870. The van der Waals surface area contributed by atoms with E-state index in [2.05, 4.69) is 5.32 Å². The first-order chi connectivity index (χ1) is 21.3.